The normalized spacial score (nSPS) is 29.1. The highest BCUT2D eigenvalue weighted by Crippen LogP contribution is 2.60. The fraction of sp³-hybridized carbons (Fsp3) is 0.286. The number of fused-ring (bicyclic) bond motifs is 6. The first-order chi connectivity index (χ1) is 15.7. The summed E-state index contributed by atoms with van der Waals surface area (Å²) in [5.41, 5.74) is 5.75. The van der Waals surface area contributed by atoms with Crippen LogP contribution in [0.5, 0.6) is 0 Å². The molecule has 4 heteroatoms. The number of nitro benzene ring substituents is 1. The Hall–Kier alpha value is -3.40. The van der Waals surface area contributed by atoms with E-state index >= 15 is 0 Å². The number of nitro groups is 1. The van der Waals surface area contributed by atoms with Gasteiger partial charge in [0.25, 0.3) is 5.69 Å². The lowest BCUT2D eigenvalue weighted by atomic mass is 9.69. The van der Waals surface area contributed by atoms with Crippen LogP contribution in [0.3, 0.4) is 0 Å². The second-order valence-electron chi connectivity index (χ2n) is 9.70. The van der Waals surface area contributed by atoms with Crippen LogP contribution in [0.4, 0.5) is 11.4 Å². The van der Waals surface area contributed by atoms with E-state index in [2.05, 4.69) is 59.5 Å². The molecule has 0 aromatic heterocycles. The smallest absolute Gasteiger partial charge is 0.269 e. The van der Waals surface area contributed by atoms with Crippen molar-refractivity contribution in [2.75, 3.05) is 11.4 Å². The molecule has 0 saturated carbocycles. The first-order valence-corrected chi connectivity index (χ1v) is 11.6. The molecule has 2 aliphatic heterocycles. The molecule has 4 aliphatic rings. The zero-order chi connectivity index (χ0) is 21.4. The second-order valence-corrected chi connectivity index (χ2v) is 9.70. The third-order valence-electron chi connectivity index (χ3n) is 8.19. The molecule has 5 atom stereocenters. The van der Waals surface area contributed by atoms with Crippen LogP contribution < -0.4 is 4.90 Å². The summed E-state index contributed by atoms with van der Waals surface area (Å²) in [5.74, 6) is 1.92. The first-order valence-electron chi connectivity index (χ1n) is 11.6. The van der Waals surface area contributed by atoms with Crippen molar-refractivity contribution in [2.45, 2.75) is 30.7 Å². The van der Waals surface area contributed by atoms with Gasteiger partial charge in [0.1, 0.15) is 0 Å². The number of benzene rings is 3. The molecule has 0 bridgehead atoms. The average Bonchev–Trinajstić information content (AvgIpc) is 3.49. The third-order valence-corrected chi connectivity index (χ3v) is 8.19. The molecular weight excluding hydrogens is 396 g/mol. The number of hydrogen-bond acceptors (Lipinski definition) is 3. The van der Waals surface area contributed by atoms with Crippen LogP contribution >= 0.6 is 0 Å². The zero-order valence-electron chi connectivity index (χ0n) is 17.7. The Morgan fingerprint density at radius 3 is 2.56 bits per heavy atom. The average molecular weight is 421 g/mol. The minimum atomic E-state index is -0.306. The van der Waals surface area contributed by atoms with E-state index in [-0.39, 0.29) is 16.7 Å². The van der Waals surface area contributed by atoms with Gasteiger partial charge in [-0.1, -0.05) is 60.7 Å². The van der Waals surface area contributed by atoms with Crippen molar-refractivity contribution in [2.24, 2.45) is 11.8 Å². The lowest BCUT2D eigenvalue weighted by Crippen LogP contribution is -2.46. The zero-order valence-corrected chi connectivity index (χ0v) is 17.7. The fourth-order valence-electron chi connectivity index (χ4n) is 6.90. The van der Waals surface area contributed by atoms with Crippen LogP contribution in [0.1, 0.15) is 47.4 Å². The quantitative estimate of drug-likeness (QED) is 0.265. The molecule has 0 unspecified atom stereocenters. The van der Waals surface area contributed by atoms with E-state index in [1.165, 1.54) is 33.2 Å². The van der Waals surface area contributed by atoms with Gasteiger partial charge in [-0.2, -0.15) is 0 Å². The molecule has 158 valence electrons. The highest BCUT2D eigenvalue weighted by atomic mass is 16.6. The van der Waals surface area contributed by atoms with Crippen molar-refractivity contribution in [3.05, 3.63) is 106 Å². The lowest BCUT2D eigenvalue weighted by Gasteiger charge is -2.51. The summed E-state index contributed by atoms with van der Waals surface area (Å²) in [5, 5.41) is 14.0. The molecule has 3 aromatic rings. The molecule has 7 rings (SSSR count). The van der Waals surface area contributed by atoms with E-state index in [1.807, 2.05) is 12.1 Å². The van der Waals surface area contributed by atoms with Gasteiger partial charge < -0.3 is 4.90 Å². The number of rotatable bonds is 2. The third kappa shape index (κ3) is 2.38. The van der Waals surface area contributed by atoms with Crippen molar-refractivity contribution >= 4 is 22.1 Å². The van der Waals surface area contributed by atoms with E-state index in [4.69, 9.17) is 0 Å². The SMILES string of the molecule is O=[N+]([O-])c1ccc([C@@H]2[C@@H]3CC=C[C@@H]3c3c4c(cc5ccccc35)[C@@H]3C=CC[C@H]3CN42)cc1. The predicted molar refractivity (Wildman–Crippen MR) is 127 cm³/mol. The van der Waals surface area contributed by atoms with Crippen molar-refractivity contribution in [3.63, 3.8) is 0 Å². The molecule has 4 nitrogen and oxygen atoms in total. The Kier molecular flexibility index (Phi) is 3.73. The van der Waals surface area contributed by atoms with Gasteiger partial charge >= 0.3 is 0 Å². The maximum Gasteiger partial charge on any atom is 0.269 e. The number of nitrogens with zero attached hydrogens (tertiary/aromatic N) is 2. The first kappa shape index (κ1) is 18.2. The van der Waals surface area contributed by atoms with Gasteiger partial charge in [-0.05, 0) is 58.2 Å². The summed E-state index contributed by atoms with van der Waals surface area (Å²) < 4.78 is 0. The minimum Gasteiger partial charge on any atom is -0.363 e. The van der Waals surface area contributed by atoms with Gasteiger partial charge in [0.2, 0.25) is 0 Å². The molecule has 0 spiro atoms. The largest absolute Gasteiger partial charge is 0.363 e. The van der Waals surface area contributed by atoms with Gasteiger partial charge in [-0.15, -0.1) is 0 Å². The number of hydrogen-bond donors (Lipinski definition) is 0. The van der Waals surface area contributed by atoms with Crippen LogP contribution in [-0.4, -0.2) is 11.5 Å². The highest BCUT2D eigenvalue weighted by Gasteiger charge is 2.48. The van der Waals surface area contributed by atoms with Gasteiger partial charge in [-0.3, -0.25) is 10.1 Å². The van der Waals surface area contributed by atoms with Crippen LogP contribution in [0.15, 0.2) is 78.9 Å². The van der Waals surface area contributed by atoms with Gasteiger partial charge in [0, 0.05) is 36.2 Å². The van der Waals surface area contributed by atoms with Crippen LogP contribution in [0.25, 0.3) is 10.8 Å². The summed E-state index contributed by atoms with van der Waals surface area (Å²) in [4.78, 5) is 13.6. The Balaban J connectivity index is 1.49. The standard InChI is InChI=1S/C28H24N2O2/c31-30(32)20-13-11-17(12-14-20)27-24-10-4-9-23(24)26-22-7-2-1-5-18(22)15-25-21-8-3-6-19(21)16-29(27)28(25)26/h1-5,7-9,11-15,19,21,23-24,27H,6,10,16H2/t19-,21+,23-,24+,27+/m0/s1. The summed E-state index contributed by atoms with van der Waals surface area (Å²) >= 11 is 0. The second kappa shape index (κ2) is 6.55. The summed E-state index contributed by atoms with van der Waals surface area (Å²) in [6.45, 7) is 1.04. The Morgan fingerprint density at radius 2 is 1.72 bits per heavy atom. The van der Waals surface area contributed by atoms with E-state index in [0.29, 0.717) is 23.7 Å². The predicted octanol–water partition coefficient (Wildman–Crippen LogP) is 6.64. The molecular formula is C28H24N2O2. The van der Waals surface area contributed by atoms with Crippen molar-refractivity contribution < 1.29 is 4.92 Å². The van der Waals surface area contributed by atoms with E-state index in [9.17, 15) is 10.1 Å². The molecule has 0 fully saturated rings. The van der Waals surface area contributed by atoms with E-state index in [0.717, 1.165) is 19.4 Å². The highest BCUT2D eigenvalue weighted by molar-refractivity contribution is 5.94. The van der Waals surface area contributed by atoms with Crippen LogP contribution in [0, 0.1) is 22.0 Å². The van der Waals surface area contributed by atoms with E-state index in [1.54, 1.807) is 12.1 Å². The van der Waals surface area contributed by atoms with Gasteiger partial charge in [0.15, 0.2) is 0 Å². The minimum absolute atomic E-state index is 0.163. The number of non-ortho nitro benzene ring substituents is 1. The fourth-order valence-corrected chi connectivity index (χ4v) is 6.90. The van der Waals surface area contributed by atoms with E-state index < -0.39 is 0 Å². The van der Waals surface area contributed by atoms with Crippen LogP contribution in [0.2, 0.25) is 0 Å². The van der Waals surface area contributed by atoms with Gasteiger partial charge in [-0.25, -0.2) is 0 Å². The maximum atomic E-state index is 11.2. The Labute approximate surface area is 187 Å². The molecule has 32 heavy (non-hydrogen) atoms. The van der Waals surface area contributed by atoms with Crippen molar-refractivity contribution in [1.82, 2.24) is 0 Å². The lowest BCUT2D eigenvalue weighted by molar-refractivity contribution is -0.384. The monoisotopic (exact) mass is 420 g/mol. The van der Waals surface area contributed by atoms with Crippen molar-refractivity contribution in [1.29, 1.82) is 0 Å². The number of allylic oxidation sites excluding steroid dienone is 4. The topological polar surface area (TPSA) is 46.4 Å². The van der Waals surface area contributed by atoms with Gasteiger partial charge in [0.05, 0.1) is 11.0 Å². The Morgan fingerprint density at radius 1 is 0.938 bits per heavy atom. The molecule has 0 radical (unpaired) electrons. The molecule has 0 amide bonds. The summed E-state index contributed by atoms with van der Waals surface area (Å²) in [7, 11) is 0. The molecule has 0 saturated heterocycles. The summed E-state index contributed by atoms with van der Waals surface area (Å²) in [6.07, 6.45) is 11.7. The molecule has 0 N–H and O–H groups in total. The van der Waals surface area contributed by atoms with Crippen molar-refractivity contribution in [3.8, 4) is 0 Å². The molecule has 2 aliphatic carbocycles. The molecule has 3 aromatic carbocycles. The summed E-state index contributed by atoms with van der Waals surface area (Å²) in [6, 6.07) is 18.8. The van der Waals surface area contributed by atoms with Crippen LogP contribution in [-0.2, 0) is 0 Å². The Bertz CT molecular complexity index is 1320. The number of anilines is 1. The molecule has 2 heterocycles. The maximum absolute atomic E-state index is 11.2.